The van der Waals surface area contributed by atoms with E-state index in [9.17, 15) is 5.11 Å². The average molecular weight is 249 g/mol. The first kappa shape index (κ1) is 13.4. The van der Waals surface area contributed by atoms with Gasteiger partial charge in [-0.2, -0.15) is 0 Å². The third-order valence-corrected chi connectivity index (χ3v) is 3.91. The number of nitrogens with zero attached hydrogens (tertiary/aromatic N) is 1. The molecule has 1 fully saturated rings. The summed E-state index contributed by atoms with van der Waals surface area (Å²) in [4.78, 5) is 2.34. The number of benzene rings is 1. The first-order chi connectivity index (χ1) is 8.54. The quantitative estimate of drug-likeness (QED) is 0.889. The van der Waals surface area contributed by atoms with E-state index in [1.807, 2.05) is 19.1 Å². The summed E-state index contributed by atoms with van der Waals surface area (Å²) in [5.41, 5.74) is 1.14. The zero-order chi connectivity index (χ0) is 13.2. The molecule has 1 unspecified atom stereocenters. The molecule has 0 amide bonds. The first-order valence-corrected chi connectivity index (χ1v) is 6.69. The Labute approximate surface area is 109 Å². The second kappa shape index (κ2) is 5.29. The maximum Gasteiger partial charge on any atom is 0.119 e. The van der Waals surface area contributed by atoms with Crippen LogP contribution in [0.3, 0.4) is 0 Å². The summed E-state index contributed by atoms with van der Waals surface area (Å²) in [6, 6.07) is 8.23. The molecule has 1 atom stereocenters. The molecular formula is C15H23NO2. The number of aliphatic hydroxyl groups is 1. The van der Waals surface area contributed by atoms with Crippen LogP contribution in [-0.4, -0.2) is 34.8 Å². The Morgan fingerprint density at radius 3 is 2.50 bits per heavy atom. The molecule has 100 valence electrons. The van der Waals surface area contributed by atoms with E-state index >= 15 is 0 Å². The number of aliphatic hydroxyl groups excluding tert-OH is 1. The lowest BCUT2D eigenvalue weighted by Gasteiger charge is -2.33. The second-order valence-corrected chi connectivity index (χ2v) is 5.46. The molecule has 1 aromatic rings. The molecule has 2 rings (SSSR count). The Balaban J connectivity index is 2.01. The van der Waals surface area contributed by atoms with Crippen LogP contribution in [0.25, 0.3) is 0 Å². The Hall–Kier alpha value is -1.06. The minimum absolute atomic E-state index is 0.126. The molecule has 3 nitrogen and oxygen atoms in total. The van der Waals surface area contributed by atoms with Gasteiger partial charge in [0.15, 0.2) is 0 Å². The van der Waals surface area contributed by atoms with E-state index in [-0.39, 0.29) is 11.6 Å². The molecule has 0 saturated carbocycles. The van der Waals surface area contributed by atoms with Crippen LogP contribution in [0, 0.1) is 0 Å². The van der Waals surface area contributed by atoms with Gasteiger partial charge in [-0.1, -0.05) is 12.1 Å². The molecule has 1 heterocycles. The summed E-state index contributed by atoms with van der Waals surface area (Å²) in [7, 11) is 0. The molecule has 0 radical (unpaired) electrons. The highest BCUT2D eigenvalue weighted by atomic mass is 16.5. The van der Waals surface area contributed by atoms with E-state index < -0.39 is 0 Å². The molecule has 1 saturated heterocycles. The first-order valence-electron chi connectivity index (χ1n) is 6.69. The summed E-state index contributed by atoms with van der Waals surface area (Å²) < 4.78 is 5.44. The van der Waals surface area contributed by atoms with E-state index in [1.54, 1.807) is 0 Å². The van der Waals surface area contributed by atoms with Crippen molar-refractivity contribution in [3.63, 3.8) is 0 Å². The van der Waals surface area contributed by atoms with E-state index in [2.05, 4.69) is 30.9 Å². The number of rotatable bonds is 4. The van der Waals surface area contributed by atoms with Crippen LogP contribution in [-0.2, 0) is 6.54 Å². The molecule has 1 aliphatic rings. The maximum atomic E-state index is 9.96. The lowest BCUT2D eigenvalue weighted by Crippen LogP contribution is -2.44. The minimum atomic E-state index is -0.222. The zero-order valence-electron chi connectivity index (χ0n) is 11.5. The van der Waals surface area contributed by atoms with Gasteiger partial charge < -0.3 is 9.84 Å². The fraction of sp³-hybridized carbons (Fsp3) is 0.600. The fourth-order valence-corrected chi connectivity index (χ4v) is 2.49. The van der Waals surface area contributed by atoms with Crippen molar-refractivity contribution < 1.29 is 9.84 Å². The molecule has 0 aromatic heterocycles. The predicted molar refractivity (Wildman–Crippen MR) is 72.7 cm³/mol. The Morgan fingerprint density at radius 2 is 2.00 bits per heavy atom. The third-order valence-electron chi connectivity index (χ3n) is 3.91. The second-order valence-electron chi connectivity index (χ2n) is 5.46. The highest BCUT2D eigenvalue weighted by molar-refractivity contribution is 5.27. The Bertz CT molecular complexity index is 386. The van der Waals surface area contributed by atoms with Crippen molar-refractivity contribution in [1.82, 2.24) is 4.90 Å². The molecule has 1 aliphatic heterocycles. The molecular weight excluding hydrogens is 226 g/mol. The van der Waals surface area contributed by atoms with Crippen LogP contribution in [0.15, 0.2) is 24.3 Å². The van der Waals surface area contributed by atoms with Gasteiger partial charge in [0.25, 0.3) is 0 Å². The van der Waals surface area contributed by atoms with Gasteiger partial charge in [-0.25, -0.2) is 0 Å². The summed E-state index contributed by atoms with van der Waals surface area (Å²) in [5, 5.41) is 9.96. The standard InChI is InChI=1S/C15H23NO2/c1-4-18-13-7-5-12(6-8-13)11-16-10-9-14(17)15(16,2)3/h5-8,14,17H,4,9-11H2,1-3H3. The van der Waals surface area contributed by atoms with E-state index in [4.69, 9.17) is 4.74 Å². The van der Waals surface area contributed by atoms with Gasteiger partial charge in [-0.3, -0.25) is 4.90 Å². The molecule has 1 aromatic carbocycles. The van der Waals surface area contributed by atoms with Gasteiger partial charge in [-0.05, 0) is 44.9 Å². The van der Waals surface area contributed by atoms with Gasteiger partial charge >= 0.3 is 0 Å². The lowest BCUT2D eigenvalue weighted by atomic mass is 9.98. The zero-order valence-corrected chi connectivity index (χ0v) is 11.5. The third kappa shape index (κ3) is 2.68. The van der Waals surface area contributed by atoms with Crippen molar-refractivity contribution in [2.75, 3.05) is 13.2 Å². The highest BCUT2D eigenvalue weighted by Gasteiger charge is 2.39. The van der Waals surface area contributed by atoms with Gasteiger partial charge in [0.05, 0.1) is 12.7 Å². The topological polar surface area (TPSA) is 32.7 Å². The van der Waals surface area contributed by atoms with Crippen molar-refractivity contribution in [1.29, 1.82) is 0 Å². The monoisotopic (exact) mass is 249 g/mol. The lowest BCUT2D eigenvalue weighted by molar-refractivity contribution is 0.0506. The minimum Gasteiger partial charge on any atom is -0.494 e. The van der Waals surface area contributed by atoms with Gasteiger partial charge in [0.1, 0.15) is 5.75 Å². The SMILES string of the molecule is CCOc1ccc(CN2CCC(O)C2(C)C)cc1. The number of likely N-dealkylation sites (tertiary alicyclic amines) is 1. The smallest absolute Gasteiger partial charge is 0.119 e. The van der Waals surface area contributed by atoms with Crippen molar-refractivity contribution in [3.8, 4) is 5.75 Å². The molecule has 18 heavy (non-hydrogen) atoms. The van der Waals surface area contributed by atoms with Crippen molar-refractivity contribution in [2.45, 2.75) is 45.4 Å². The van der Waals surface area contributed by atoms with E-state index in [0.717, 1.165) is 25.3 Å². The van der Waals surface area contributed by atoms with Gasteiger partial charge in [0, 0.05) is 18.6 Å². The molecule has 0 spiro atoms. The largest absolute Gasteiger partial charge is 0.494 e. The maximum absolute atomic E-state index is 9.96. The number of hydrogen-bond acceptors (Lipinski definition) is 3. The van der Waals surface area contributed by atoms with Crippen LogP contribution in [0.2, 0.25) is 0 Å². The van der Waals surface area contributed by atoms with Crippen LogP contribution in [0.1, 0.15) is 32.8 Å². The Kier molecular flexibility index (Phi) is 3.93. The Morgan fingerprint density at radius 1 is 1.33 bits per heavy atom. The van der Waals surface area contributed by atoms with Crippen LogP contribution in [0.5, 0.6) is 5.75 Å². The van der Waals surface area contributed by atoms with Crippen molar-refractivity contribution >= 4 is 0 Å². The summed E-state index contributed by atoms with van der Waals surface area (Å²) in [5.74, 6) is 0.918. The van der Waals surface area contributed by atoms with Crippen molar-refractivity contribution in [2.24, 2.45) is 0 Å². The van der Waals surface area contributed by atoms with Crippen LogP contribution >= 0.6 is 0 Å². The summed E-state index contributed by atoms with van der Waals surface area (Å²) in [6.45, 7) is 8.75. The molecule has 3 heteroatoms. The van der Waals surface area contributed by atoms with Gasteiger partial charge in [0.2, 0.25) is 0 Å². The van der Waals surface area contributed by atoms with Crippen LogP contribution in [0.4, 0.5) is 0 Å². The van der Waals surface area contributed by atoms with E-state index in [1.165, 1.54) is 5.56 Å². The number of ether oxygens (including phenoxy) is 1. The molecule has 1 N–H and O–H groups in total. The average Bonchev–Trinajstić information content (AvgIpc) is 2.59. The summed E-state index contributed by atoms with van der Waals surface area (Å²) >= 11 is 0. The van der Waals surface area contributed by atoms with Crippen LogP contribution < -0.4 is 4.74 Å². The normalized spacial score (nSPS) is 23.2. The number of hydrogen-bond donors (Lipinski definition) is 1. The molecule has 0 bridgehead atoms. The molecule has 0 aliphatic carbocycles. The van der Waals surface area contributed by atoms with E-state index in [0.29, 0.717) is 6.61 Å². The predicted octanol–water partition coefficient (Wildman–Crippen LogP) is 2.43. The van der Waals surface area contributed by atoms with Gasteiger partial charge in [-0.15, -0.1) is 0 Å². The fourth-order valence-electron chi connectivity index (χ4n) is 2.49. The van der Waals surface area contributed by atoms with Crippen molar-refractivity contribution in [3.05, 3.63) is 29.8 Å². The summed E-state index contributed by atoms with van der Waals surface area (Å²) in [6.07, 6.45) is 0.643. The highest BCUT2D eigenvalue weighted by Crippen LogP contribution is 2.30.